The Bertz CT molecular complexity index is 423. The van der Waals surface area contributed by atoms with Crippen molar-refractivity contribution in [3.63, 3.8) is 0 Å². The molecule has 0 fully saturated rings. The molecule has 2 nitrogen and oxygen atoms in total. The van der Waals surface area contributed by atoms with E-state index in [1.165, 1.54) is 0 Å². The maximum Gasteiger partial charge on any atom is 0.102 e. The normalized spacial score (nSPS) is 13.7. The van der Waals surface area contributed by atoms with Gasteiger partial charge in [0.15, 0.2) is 0 Å². The lowest BCUT2D eigenvalue weighted by Gasteiger charge is -2.22. The van der Waals surface area contributed by atoms with Crippen molar-refractivity contribution in [3.8, 4) is 6.07 Å². The van der Waals surface area contributed by atoms with Crippen molar-refractivity contribution in [2.45, 2.75) is 45.1 Å². The highest BCUT2D eigenvalue weighted by Crippen LogP contribution is 2.28. The first-order valence-corrected chi connectivity index (χ1v) is 7.55. The molecule has 0 amide bonds. The molecule has 0 bridgehead atoms. The lowest BCUT2D eigenvalue weighted by Crippen LogP contribution is -2.23. The number of anilines is 1. The molecule has 0 heterocycles. The summed E-state index contributed by atoms with van der Waals surface area (Å²) in [6.07, 6.45) is 1.14. The molecule has 0 radical (unpaired) electrons. The third-order valence-electron chi connectivity index (χ3n) is 3.32. The van der Waals surface area contributed by atoms with Crippen molar-refractivity contribution in [1.82, 2.24) is 0 Å². The Balaban J connectivity index is 2.95. The van der Waals surface area contributed by atoms with Gasteiger partial charge in [0.25, 0.3) is 0 Å². The fourth-order valence-corrected chi connectivity index (χ4v) is 2.57. The van der Waals surface area contributed by atoms with Crippen LogP contribution in [0.25, 0.3) is 0 Å². The van der Waals surface area contributed by atoms with Crippen LogP contribution in [0.3, 0.4) is 0 Å². The second-order valence-electron chi connectivity index (χ2n) is 4.54. The Hall–Kier alpha value is -1.14. The first-order chi connectivity index (χ1) is 8.63. The van der Waals surface area contributed by atoms with Crippen LogP contribution < -0.4 is 5.32 Å². The molecule has 3 heteroatoms. The van der Waals surface area contributed by atoms with Gasteiger partial charge >= 0.3 is 0 Å². The second-order valence-corrected chi connectivity index (χ2v) is 5.85. The van der Waals surface area contributed by atoms with Gasteiger partial charge in [-0.25, -0.2) is 0 Å². The van der Waals surface area contributed by atoms with Crippen molar-refractivity contribution in [2.75, 3.05) is 11.1 Å². The van der Waals surface area contributed by atoms with Crippen molar-refractivity contribution in [3.05, 3.63) is 23.8 Å². The monoisotopic (exact) mass is 262 g/mol. The van der Waals surface area contributed by atoms with Crippen LogP contribution in [0.4, 0.5) is 5.69 Å². The maximum absolute atomic E-state index is 9.33. The van der Waals surface area contributed by atoms with E-state index in [9.17, 15) is 5.26 Å². The Labute approximate surface area is 115 Å². The highest BCUT2D eigenvalue weighted by atomic mass is 32.2. The maximum atomic E-state index is 9.33. The minimum absolute atomic E-state index is 0.379. The van der Waals surface area contributed by atoms with Crippen molar-refractivity contribution in [2.24, 2.45) is 5.92 Å². The third kappa shape index (κ3) is 3.68. The van der Waals surface area contributed by atoms with Gasteiger partial charge in [0.1, 0.15) is 6.07 Å². The van der Waals surface area contributed by atoms with E-state index in [-0.39, 0.29) is 0 Å². The minimum Gasteiger partial charge on any atom is -0.381 e. The molecule has 1 aromatic rings. The molecule has 1 aromatic carbocycles. The molecule has 0 spiro atoms. The van der Waals surface area contributed by atoms with Crippen LogP contribution in [-0.4, -0.2) is 11.8 Å². The number of benzene rings is 1. The van der Waals surface area contributed by atoms with E-state index >= 15 is 0 Å². The average Bonchev–Trinajstić information content (AvgIpc) is 2.38. The molecule has 0 saturated heterocycles. The summed E-state index contributed by atoms with van der Waals surface area (Å²) in [6.45, 7) is 8.70. The van der Waals surface area contributed by atoms with Gasteiger partial charge in [-0.3, -0.25) is 0 Å². The SMILES string of the molecule is CCSc1cccc(NC(C)C(C)CC)c1C#N. The van der Waals surface area contributed by atoms with Crippen LogP contribution >= 0.6 is 11.8 Å². The number of nitrogens with zero attached hydrogens (tertiary/aromatic N) is 1. The number of hydrogen-bond donors (Lipinski definition) is 1. The predicted octanol–water partition coefficient (Wildman–Crippen LogP) is 4.52. The first-order valence-electron chi connectivity index (χ1n) is 6.56. The van der Waals surface area contributed by atoms with E-state index in [2.05, 4.69) is 39.1 Å². The summed E-state index contributed by atoms with van der Waals surface area (Å²) in [5.41, 5.74) is 1.74. The topological polar surface area (TPSA) is 35.8 Å². The smallest absolute Gasteiger partial charge is 0.102 e. The van der Waals surface area contributed by atoms with E-state index < -0.39 is 0 Å². The first kappa shape index (κ1) is 14.9. The van der Waals surface area contributed by atoms with Crippen LogP contribution in [0.2, 0.25) is 0 Å². The minimum atomic E-state index is 0.379. The zero-order chi connectivity index (χ0) is 13.5. The standard InChI is InChI=1S/C15H22N2S/c1-5-11(3)12(4)17-14-8-7-9-15(18-6-2)13(14)10-16/h7-9,11-12,17H,5-6H2,1-4H3. The molecule has 0 aliphatic carbocycles. The van der Waals surface area contributed by atoms with Crippen molar-refractivity contribution in [1.29, 1.82) is 5.26 Å². The molecule has 1 N–H and O–H groups in total. The van der Waals surface area contributed by atoms with Gasteiger partial charge < -0.3 is 5.32 Å². The average molecular weight is 262 g/mol. The van der Waals surface area contributed by atoms with Crippen LogP contribution in [0.15, 0.2) is 23.1 Å². The molecule has 2 atom stereocenters. The number of rotatable bonds is 6. The quantitative estimate of drug-likeness (QED) is 0.766. The number of thioether (sulfide) groups is 1. The fourth-order valence-electron chi connectivity index (χ4n) is 1.78. The van der Waals surface area contributed by atoms with E-state index in [4.69, 9.17) is 0 Å². The molecule has 1 rings (SSSR count). The zero-order valence-electron chi connectivity index (χ0n) is 11.7. The summed E-state index contributed by atoms with van der Waals surface area (Å²) in [4.78, 5) is 1.07. The lowest BCUT2D eigenvalue weighted by molar-refractivity contribution is 0.494. The highest BCUT2D eigenvalue weighted by Gasteiger charge is 2.13. The summed E-state index contributed by atoms with van der Waals surface area (Å²) in [6, 6.07) is 8.74. The molecular formula is C15H22N2S. The summed E-state index contributed by atoms with van der Waals surface area (Å²) in [5, 5.41) is 12.8. The summed E-state index contributed by atoms with van der Waals surface area (Å²) in [7, 11) is 0. The van der Waals surface area contributed by atoms with Gasteiger partial charge in [-0.2, -0.15) is 5.26 Å². The number of hydrogen-bond acceptors (Lipinski definition) is 3. The molecule has 0 aliphatic heterocycles. The van der Waals surface area contributed by atoms with Gasteiger partial charge in [0.2, 0.25) is 0 Å². The predicted molar refractivity (Wildman–Crippen MR) is 80.1 cm³/mol. The van der Waals surface area contributed by atoms with E-state index in [0.717, 1.165) is 28.3 Å². The molecular weight excluding hydrogens is 240 g/mol. The van der Waals surface area contributed by atoms with E-state index in [0.29, 0.717) is 12.0 Å². The number of nitrogens with one attached hydrogen (secondary N) is 1. The Morgan fingerprint density at radius 2 is 2.06 bits per heavy atom. The molecule has 2 unspecified atom stereocenters. The van der Waals surface area contributed by atoms with Gasteiger partial charge in [0, 0.05) is 10.9 Å². The van der Waals surface area contributed by atoms with Crippen LogP contribution in [0, 0.1) is 17.2 Å². The zero-order valence-corrected chi connectivity index (χ0v) is 12.5. The van der Waals surface area contributed by atoms with Crippen molar-refractivity contribution >= 4 is 17.4 Å². The molecule has 0 saturated carbocycles. The summed E-state index contributed by atoms with van der Waals surface area (Å²) in [5.74, 6) is 1.58. The van der Waals surface area contributed by atoms with Gasteiger partial charge in [-0.15, -0.1) is 11.8 Å². The lowest BCUT2D eigenvalue weighted by atomic mass is 10.0. The molecule has 0 aliphatic rings. The van der Waals surface area contributed by atoms with E-state index in [1.807, 2.05) is 18.2 Å². The molecule has 0 aromatic heterocycles. The van der Waals surface area contributed by atoms with Crippen LogP contribution in [0.5, 0.6) is 0 Å². The van der Waals surface area contributed by atoms with Crippen LogP contribution in [0.1, 0.15) is 39.7 Å². The van der Waals surface area contributed by atoms with Crippen molar-refractivity contribution < 1.29 is 0 Å². The third-order valence-corrected chi connectivity index (χ3v) is 4.26. The van der Waals surface area contributed by atoms with Gasteiger partial charge in [0.05, 0.1) is 11.3 Å². The Kier molecular flexibility index (Phi) is 6.07. The van der Waals surface area contributed by atoms with Gasteiger partial charge in [-0.1, -0.05) is 33.3 Å². The number of nitriles is 1. The second kappa shape index (κ2) is 7.33. The molecule has 18 heavy (non-hydrogen) atoms. The summed E-state index contributed by atoms with van der Waals surface area (Å²) >= 11 is 1.72. The summed E-state index contributed by atoms with van der Waals surface area (Å²) < 4.78 is 0. The Morgan fingerprint density at radius 3 is 2.61 bits per heavy atom. The Morgan fingerprint density at radius 1 is 1.33 bits per heavy atom. The largest absolute Gasteiger partial charge is 0.381 e. The highest BCUT2D eigenvalue weighted by molar-refractivity contribution is 7.99. The fraction of sp³-hybridized carbons (Fsp3) is 0.533. The van der Waals surface area contributed by atoms with Crippen LogP contribution in [-0.2, 0) is 0 Å². The van der Waals surface area contributed by atoms with Gasteiger partial charge in [-0.05, 0) is 30.7 Å². The van der Waals surface area contributed by atoms with E-state index in [1.54, 1.807) is 11.8 Å². The molecule has 98 valence electrons.